The van der Waals surface area contributed by atoms with Gasteiger partial charge in [-0.1, -0.05) is 0 Å². The van der Waals surface area contributed by atoms with E-state index in [2.05, 4.69) is 15.0 Å². The van der Waals surface area contributed by atoms with E-state index in [-0.39, 0.29) is 17.5 Å². The van der Waals surface area contributed by atoms with Gasteiger partial charge in [0, 0.05) is 43.3 Å². The van der Waals surface area contributed by atoms with Crippen molar-refractivity contribution >= 4 is 22.2 Å². The monoisotopic (exact) mass is 429 g/mol. The zero-order valence-electron chi connectivity index (χ0n) is 17.0. The highest BCUT2D eigenvalue weighted by molar-refractivity contribution is 5.88. The minimum Gasteiger partial charge on any atom is -0.508 e. The third-order valence-corrected chi connectivity index (χ3v) is 5.81. The quantitative estimate of drug-likeness (QED) is 0.452. The van der Waals surface area contributed by atoms with Gasteiger partial charge in [-0.15, -0.1) is 0 Å². The van der Waals surface area contributed by atoms with Crippen molar-refractivity contribution in [3.63, 3.8) is 0 Å². The summed E-state index contributed by atoms with van der Waals surface area (Å²) in [7, 11) is 0. The molecule has 1 fully saturated rings. The van der Waals surface area contributed by atoms with Crippen LogP contribution in [0.15, 0.2) is 53.8 Å². The van der Waals surface area contributed by atoms with Crippen LogP contribution in [-0.2, 0) is 4.74 Å². The van der Waals surface area contributed by atoms with Crippen LogP contribution in [0.1, 0.15) is 18.9 Å². The summed E-state index contributed by atoms with van der Waals surface area (Å²) in [4.78, 5) is 34.0. The second kappa shape index (κ2) is 7.27. The number of imidazole rings is 2. The molecule has 10 nitrogen and oxygen atoms in total. The van der Waals surface area contributed by atoms with Crippen molar-refractivity contribution in [2.45, 2.75) is 18.9 Å². The van der Waals surface area contributed by atoms with Crippen molar-refractivity contribution in [3.8, 4) is 23.0 Å². The van der Waals surface area contributed by atoms with E-state index in [9.17, 15) is 9.90 Å². The number of aromatic nitrogens is 7. The van der Waals surface area contributed by atoms with Crippen LogP contribution in [0.25, 0.3) is 39.4 Å². The molecule has 0 atom stereocenters. The lowest BCUT2D eigenvalue weighted by Crippen LogP contribution is -2.27. The molecule has 10 heteroatoms. The lowest BCUT2D eigenvalue weighted by Gasteiger charge is -2.23. The van der Waals surface area contributed by atoms with Gasteiger partial charge in [0.05, 0.1) is 11.0 Å². The molecule has 4 aromatic heterocycles. The standard InChI is InChI=1S/C22H19N7O3/c30-15-1-2-16-17(11-15)28(12-24-16)21-25-18(13-3-7-23-8-4-13)19-20(27-21)29(22(31)26-19)14-5-9-32-10-6-14/h1-4,7-8,11-12,14,30H,5-6,9-10H2,(H,26,31). The Morgan fingerprint density at radius 1 is 1.09 bits per heavy atom. The number of hydrogen-bond donors (Lipinski definition) is 2. The molecule has 0 spiro atoms. The highest BCUT2D eigenvalue weighted by Gasteiger charge is 2.24. The van der Waals surface area contributed by atoms with Crippen LogP contribution >= 0.6 is 0 Å². The van der Waals surface area contributed by atoms with Crippen LogP contribution in [0, 0.1) is 0 Å². The third-order valence-electron chi connectivity index (χ3n) is 5.81. The van der Waals surface area contributed by atoms with Gasteiger partial charge >= 0.3 is 5.69 Å². The lowest BCUT2D eigenvalue weighted by atomic mass is 10.1. The molecule has 5 aromatic rings. The molecule has 1 aliphatic heterocycles. The number of ether oxygens (including phenoxy) is 1. The van der Waals surface area contributed by atoms with Crippen LogP contribution in [0.2, 0.25) is 0 Å². The van der Waals surface area contributed by atoms with E-state index in [1.165, 1.54) is 0 Å². The average Bonchev–Trinajstić information content (AvgIpc) is 3.39. The van der Waals surface area contributed by atoms with Crippen LogP contribution in [0.4, 0.5) is 0 Å². The average molecular weight is 429 g/mol. The van der Waals surface area contributed by atoms with E-state index < -0.39 is 0 Å². The number of H-pyrrole nitrogens is 1. The first kappa shape index (κ1) is 18.7. The van der Waals surface area contributed by atoms with Gasteiger partial charge in [-0.05, 0) is 37.1 Å². The zero-order valence-corrected chi connectivity index (χ0v) is 17.0. The van der Waals surface area contributed by atoms with Gasteiger partial charge in [-0.25, -0.2) is 14.8 Å². The van der Waals surface area contributed by atoms with E-state index in [0.29, 0.717) is 47.1 Å². The summed E-state index contributed by atoms with van der Waals surface area (Å²) >= 11 is 0. The number of pyridine rings is 1. The molecular formula is C22H19N7O3. The lowest BCUT2D eigenvalue weighted by molar-refractivity contribution is 0.0697. The molecule has 1 aliphatic rings. The number of aromatic amines is 1. The fourth-order valence-electron chi connectivity index (χ4n) is 4.25. The fraction of sp³-hybridized carbons (Fsp3) is 0.227. The summed E-state index contributed by atoms with van der Waals surface area (Å²) in [5.41, 5.74) is 3.65. The molecule has 0 saturated carbocycles. The molecule has 1 aromatic carbocycles. The number of rotatable bonds is 3. The van der Waals surface area contributed by atoms with Gasteiger partial charge in [-0.3, -0.25) is 14.1 Å². The molecule has 0 bridgehead atoms. The molecule has 160 valence electrons. The maximum atomic E-state index is 13.0. The van der Waals surface area contributed by atoms with Crippen molar-refractivity contribution in [2.75, 3.05) is 13.2 Å². The van der Waals surface area contributed by atoms with E-state index >= 15 is 0 Å². The number of nitrogens with one attached hydrogen (secondary N) is 1. The van der Waals surface area contributed by atoms with Gasteiger partial charge in [0.1, 0.15) is 23.3 Å². The van der Waals surface area contributed by atoms with Crippen molar-refractivity contribution in [1.82, 2.24) is 34.1 Å². The topological polar surface area (TPSA) is 124 Å². The fourth-order valence-corrected chi connectivity index (χ4v) is 4.25. The first-order chi connectivity index (χ1) is 15.7. The molecule has 1 saturated heterocycles. The smallest absolute Gasteiger partial charge is 0.327 e. The predicted molar refractivity (Wildman–Crippen MR) is 117 cm³/mol. The first-order valence-corrected chi connectivity index (χ1v) is 10.4. The minimum atomic E-state index is -0.221. The Balaban J connectivity index is 1.65. The van der Waals surface area contributed by atoms with Gasteiger partial charge in [0.25, 0.3) is 0 Å². The maximum absolute atomic E-state index is 13.0. The van der Waals surface area contributed by atoms with E-state index in [1.54, 1.807) is 46.1 Å². The molecule has 0 aliphatic carbocycles. The van der Waals surface area contributed by atoms with Crippen LogP contribution in [0.3, 0.4) is 0 Å². The normalized spacial score (nSPS) is 15.0. The second-order valence-electron chi connectivity index (χ2n) is 7.74. The number of hydrogen-bond acceptors (Lipinski definition) is 7. The second-order valence-corrected chi connectivity index (χ2v) is 7.74. The number of benzene rings is 1. The number of fused-ring (bicyclic) bond motifs is 2. The van der Waals surface area contributed by atoms with Crippen LogP contribution in [-0.4, -0.2) is 52.4 Å². The van der Waals surface area contributed by atoms with E-state index in [0.717, 1.165) is 18.4 Å². The Morgan fingerprint density at radius 3 is 2.72 bits per heavy atom. The van der Waals surface area contributed by atoms with Gasteiger partial charge in [0.2, 0.25) is 5.95 Å². The van der Waals surface area contributed by atoms with E-state index in [4.69, 9.17) is 14.7 Å². The number of phenols is 1. The third kappa shape index (κ3) is 2.95. The number of aromatic hydroxyl groups is 1. The van der Waals surface area contributed by atoms with Gasteiger partial charge < -0.3 is 14.8 Å². The summed E-state index contributed by atoms with van der Waals surface area (Å²) < 4.78 is 8.91. The Morgan fingerprint density at radius 2 is 1.91 bits per heavy atom. The largest absolute Gasteiger partial charge is 0.508 e. The van der Waals surface area contributed by atoms with Crippen LogP contribution in [0.5, 0.6) is 5.75 Å². The Labute approximate surface area is 181 Å². The van der Waals surface area contributed by atoms with Crippen LogP contribution < -0.4 is 5.69 Å². The molecule has 5 heterocycles. The summed E-state index contributed by atoms with van der Waals surface area (Å²) in [6.07, 6.45) is 6.45. The molecule has 32 heavy (non-hydrogen) atoms. The van der Waals surface area contributed by atoms with Gasteiger partial charge in [-0.2, -0.15) is 4.98 Å². The SMILES string of the molecule is O=c1[nH]c2c(-c3ccncc3)nc(-n3cnc4ccc(O)cc43)nc2n1C1CCOCC1. The molecule has 6 rings (SSSR count). The molecule has 2 N–H and O–H groups in total. The molecule has 0 amide bonds. The van der Waals surface area contributed by atoms with Gasteiger partial charge in [0.15, 0.2) is 5.65 Å². The predicted octanol–water partition coefficient (Wildman–Crippen LogP) is 2.58. The van der Waals surface area contributed by atoms with Crippen molar-refractivity contribution in [3.05, 3.63) is 59.5 Å². The summed E-state index contributed by atoms with van der Waals surface area (Å²) in [5.74, 6) is 0.479. The minimum absolute atomic E-state index is 0.0124. The summed E-state index contributed by atoms with van der Waals surface area (Å²) in [6, 6.07) is 8.60. The molecular weight excluding hydrogens is 410 g/mol. The highest BCUT2D eigenvalue weighted by Crippen LogP contribution is 2.29. The maximum Gasteiger partial charge on any atom is 0.327 e. The number of nitrogens with zero attached hydrogens (tertiary/aromatic N) is 6. The Bertz CT molecular complexity index is 1500. The Kier molecular flexibility index (Phi) is 4.25. The van der Waals surface area contributed by atoms with E-state index in [1.807, 2.05) is 12.1 Å². The van der Waals surface area contributed by atoms with Crippen molar-refractivity contribution in [2.24, 2.45) is 0 Å². The number of phenolic OH excluding ortho intramolecular Hbond substituents is 1. The summed E-state index contributed by atoms with van der Waals surface area (Å²) in [6.45, 7) is 1.20. The first-order valence-electron chi connectivity index (χ1n) is 10.4. The van der Waals surface area contributed by atoms with Crippen molar-refractivity contribution < 1.29 is 9.84 Å². The zero-order chi connectivity index (χ0) is 21.7. The summed E-state index contributed by atoms with van der Waals surface area (Å²) in [5, 5.41) is 9.99. The van der Waals surface area contributed by atoms with Crippen molar-refractivity contribution in [1.29, 1.82) is 0 Å². The Hall–Kier alpha value is -4.05. The molecule has 0 radical (unpaired) electrons. The highest BCUT2D eigenvalue weighted by atomic mass is 16.5. The molecule has 0 unspecified atom stereocenters.